The Morgan fingerprint density at radius 3 is 2.79 bits per heavy atom. The Morgan fingerprint density at radius 2 is 1.92 bits per heavy atom. The number of esters is 1. The minimum atomic E-state index is -0.360. The quantitative estimate of drug-likeness (QED) is 0.593. The molecule has 0 aliphatic carbocycles. The molecule has 0 fully saturated rings. The maximum absolute atomic E-state index is 11.1. The molecule has 3 aliphatic rings. The van der Waals surface area contributed by atoms with Gasteiger partial charge in [0.2, 0.25) is 12.5 Å². The standard InChI is InChI=1S/C18H14O6/c1-9(19)23-10-2-3-12-15(6-10)20-7-13-11-4-5-14-18(22-8-21-14)17(11)24-16(12)13/h2-6,13,16H,7-8H2,1H3/t13-,16-/m0/s1. The molecule has 0 radical (unpaired) electrons. The van der Waals surface area contributed by atoms with E-state index in [1.165, 1.54) is 6.92 Å². The van der Waals surface area contributed by atoms with Gasteiger partial charge < -0.3 is 23.7 Å². The maximum atomic E-state index is 11.1. The molecule has 3 aliphatic heterocycles. The van der Waals surface area contributed by atoms with E-state index in [4.69, 9.17) is 23.7 Å². The van der Waals surface area contributed by atoms with Crippen molar-refractivity contribution in [3.05, 3.63) is 41.5 Å². The van der Waals surface area contributed by atoms with Gasteiger partial charge in [-0.3, -0.25) is 4.79 Å². The van der Waals surface area contributed by atoms with E-state index in [1.54, 1.807) is 12.1 Å². The van der Waals surface area contributed by atoms with Crippen LogP contribution >= 0.6 is 0 Å². The highest BCUT2D eigenvalue weighted by atomic mass is 16.7. The molecule has 2 aromatic carbocycles. The molecule has 0 N–H and O–H groups in total. The van der Waals surface area contributed by atoms with Crippen LogP contribution in [0.25, 0.3) is 0 Å². The van der Waals surface area contributed by atoms with Crippen LogP contribution in [0.5, 0.6) is 28.7 Å². The second kappa shape index (κ2) is 4.80. The lowest BCUT2D eigenvalue weighted by Gasteiger charge is -2.28. The Hall–Kier alpha value is -2.89. The first-order chi connectivity index (χ1) is 11.7. The van der Waals surface area contributed by atoms with Crippen LogP contribution in [0.2, 0.25) is 0 Å². The van der Waals surface area contributed by atoms with Crippen LogP contribution in [0.4, 0.5) is 0 Å². The highest BCUT2D eigenvalue weighted by molar-refractivity contribution is 5.69. The van der Waals surface area contributed by atoms with E-state index in [1.807, 2.05) is 18.2 Å². The largest absolute Gasteiger partial charge is 0.492 e. The number of benzene rings is 2. The molecule has 0 saturated heterocycles. The fourth-order valence-electron chi connectivity index (χ4n) is 3.49. The zero-order chi connectivity index (χ0) is 16.3. The van der Waals surface area contributed by atoms with E-state index in [0.29, 0.717) is 29.6 Å². The number of hydrogen-bond acceptors (Lipinski definition) is 6. The molecule has 0 unspecified atom stereocenters. The highest BCUT2D eigenvalue weighted by Gasteiger charge is 2.43. The van der Waals surface area contributed by atoms with Crippen molar-refractivity contribution in [2.24, 2.45) is 0 Å². The van der Waals surface area contributed by atoms with E-state index in [9.17, 15) is 4.79 Å². The topological polar surface area (TPSA) is 63.2 Å². The van der Waals surface area contributed by atoms with Gasteiger partial charge in [-0.2, -0.15) is 0 Å². The van der Waals surface area contributed by atoms with Crippen molar-refractivity contribution in [1.82, 2.24) is 0 Å². The van der Waals surface area contributed by atoms with Crippen LogP contribution in [-0.2, 0) is 4.79 Å². The fourth-order valence-corrected chi connectivity index (χ4v) is 3.49. The lowest BCUT2D eigenvalue weighted by atomic mass is 9.89. The smallest absolute Gasteiger partial charge is 0.308 e. The van der Waals surface area contributed by atoms with Gasteiger partial charge in [0.25, 0.3) is 0 Å². The number of hydrogen-bond donors (Lipinski definition) is 0. The van der Waals surface area contributed by atoms with Crippen LogP contribution in [-0.4, -0.2) is 19.4 Å². The molecule has 2 aromatic rings. The summed E-state index contributed by atoms with van der Waals surface area (Å²) in [6.07, 6.45) is -0.147. The van der Waals surface area contributed by atoms with E-state index in [2.05, 4.69) is 0 Å². The van der Waals surface area contributed by atoms with Gasteiger partial charge in [0.05, 0.1) is 12.5 Å². The van der Waals surface area contributed by atoms with Crippen molar-refractivity contribution in [3.8, 4) is 28.7 Å². The highest BCUT2D eigenvalue weighted by Crippen LogP contribution is 2.57. The fraction of sp³-hybridized carbons (Fsp3) is 0.278. The van der Waals surface area contributed by atoms with Gasteiger partial charge in [-0.05, 0) is 18.2 Å². The number of fused-ring (bicyclic) bond motifs is 7. The third-order valence-electron chi connectivity index (χ3n) is 4.51. The summed E-state index contributed by atoms with van der Waals surface area (Å²) < 4.78 is 28.2. The molecule has 0 bridgehead atoms. The second-order valence-electron chi connectivity index (χ2n) is 5.97. The Balaban J connectivity index is 1.54. The Bertz CT molecular complexity index is 859. The molecular weight excluding hydrogens is 312 g/mol. The Kier molecular flexibility index (Phi) is 2.71. The van der Waals surface area contributed by atoms with Gasteiger partial charge in [-0.15, -0.1) is 0 Å². The van der Waals surface area contributed by atoms with Crippen LogP contribution < -0.4 is 23.7 Å². The van der Waals surface area contributed by atoms with E-state index >= 15 is 0 Å². The maximum Gasteiger partial charge on any atom is 0.308 e. The summed E-state index contributed by atoms with van der Waals surface area (Å²) in [6, 6.07) is 9.28. The lowest BCUT2D eigenvalue weighted by molar-refractivity contribution is -0.131. The summed E-state index contributed by atoms with van der Waals surface area (Å²) in [6.45, 7) is 2.08. The average Bonchev–Trinajstić information content (AvgIpc) is 3.17. The first-order valence-corrected chi connectivity index (χ1v) is 7.75. The Morgan fingerprint density at radius 1 is 1.04 bits per heavy atom. The van der Waals surface area contributed by atoms with Gasteiger partial charge in [0, 0.05) is 24.1 Å². The Labute approximate surface area is 137 Å². The summed E-state index contributed by atoms with van der Waals surface area (Å²) in [7, 11) is 0. The zero-order valence-electron chi connectivity index (χ0n) is 12.9. The van der Waals surface area contributed by atoms with Crippen LogP contribution in [0.1, 0.15) is 30.1 Å². The molecule has 0 aromatic heterocycles. The molecule has 3 heterocycles. The van der Waals surface area contributed by atoms with Crippen molar-refractivity contribution < 1.29 is 28.5 Å². The number of ether oxygens (including phenoxy) is 5. The summed E-state index contributed by atoms with van der Waals surface area (Å²) in [5, 5.41) is 0. The minimum absolute atomic E-state index is 0.0987. The predicted molar refractivity (Wildman–Crippen MR) is 81.9 cm³/mol. The summed E-state index contributed by atoms with van der Waals surface area (Å²) in [5.74, 6) is 2.99. The zero-order valence-corrected chi connectivity index (χ0v) is 12.9. The third-order valence-corrected chi connectivity index (χ3v) is 4.51. The number of carbonyl (C=O) groups excluding carboxylic acids is 1. The molecule has 0 spiro atoms. The first-order valence-electron chi connectivity index (χ1n) is 7.75. The molecule has 5 rings (SSSR count). The van der Waals surface area contributed by atoms with Gasteiger partial charge in [0.15, 0.2) is 11.5 Å². The second-order valence-corrected chi connectivity index (χ2v) is 5.97. The first kappa shape index (κ1) is 13.5. The summed E-state index contributed by atoms with van der Waals surface area (Å²) >= 11 is 0. The SMILES string of the molecule is CC(=O)Oc1ccc2c(c1)OC[C@H]1c3ccc4c(c3O[C@@H]21)OCO4. The summed E-state index contributed by atoms with van der Waals surface area (Å²) in [4.78, 5) is 11.1. The molecule has 2 atom stereocenters. The van der Waals surface area contributed by atoms with Crippen molar-refractivity contribution in [2.75, 3.05) is 13.4 Å². The van der Waals surface area contributed by atoms with Crippen LogP contribution in [0.3, 0.4) is 0 Å². The molecule has 6 nitrogen and oxygen atoms in total. The van der Waals surface area contributed by atoms with Gasteiger partial charge in [-0.1, -0.05) is 6.07 Å². The minimum Gasteiger partial charge on any atom is -0.492 e. The van der Waals surface area contributed by atoms with Gasteiger partial charge >= 0.3 is 5.97 Å². The van der Waals surface area contributed by atoms with E-state index in [-0.39, 0.29) is 24.8 Å². The molecule has 24 heavy (non-hydrogen) atoms. The number of carbonyl (C=O) groups is 1. The summed E-state index contributed by atoms with van der Waals surface area (Å²) in [5.41, 5.74) is 2.00. The lowest BCUT2D eigenvalue weighted by Crippen LogP contribution is -2.23. The van der Waals surface area contributed by atoms with Crippen LogP contribution in [0, 0.1) is 0 Å². The molecule has 122 valence electrons. The molecule has 0 saturated carbocycles. The molecule has 0 amide bonds. The van der Waals surface area contributed by atoms with Gasteiger partial charge in [0.1, 0.15) is 17.6 Å². The normalized spacial score (nSPS) is 21.9. The third kappa shape index (κ3) is 1.86. The van der Waals surface area contributed by atoms with Crippen LogP contribution in [0.15, 0.2) is 30.3 Å². The van der Waals surface area contributed by atoms with E-state index in [0.717, 1.165) is 16.9 Å². The van der Waals surface area contributed by atoms with Crippen molar-refractivity contribution in [3.63, 3.8) is 0 Å². The monoisotopic (exact) mass is 326 g/mol. The van der Waals surface area contributed by atoms with Crippen molar-refractivity contribution in [1.29, 1.82) is 0 Å². The average molecular weight is 326 g/mol. The van der Waals surface area contributed by atoms with Crippen molar-refractivity contribution in [2.45, 2.75) is 18.9 Å². The van der Waals surface area contributed by atoms with Gasteiger partial charge in [-0.25, -0.2) is 0 Å². The molecular formula is C18H14O6. The van der Waals surface area contributed by atoms with E-state index < -0.39 is 0 Å². The molecule has 6 heteroatoms. The van der Waals surface area contributed by atoms with Crippen molar-refractivity contribution >= 4 is 5.97 Å². The number of rotatable bonds is 1. The predicted octanol–water partition coefficient (Wildman–Crippen LogP) is 2.95.